The lowest BCUT2D eigenvalue weighted by Gasteiger charge is -2.06. The molecule has 112 valence electrons. The van der Waals surface area contributed by atoms with Crippen molar-refractivity contribution in [1.82, 2.24) is 9.97 Å². The van der Waals surface area contributed by atoms with E-state index in [1.807, 2.05) is 42.5 Å². The van der Waals surface area contributed by atoms with Crippen LogP contribution >= 0.6 is 11.3 Å². The van der Waals surface area contributed by atoms with E-state index in [1.165, 1.54) is 10.4 Å². The molecule has 0 fully saturated rings. The Bertz CT molecular complexity index is 946. The highest BCUT2D eigenvalue weighted by molar-refractivity contribution is 7.21. The lowest BCUT2D eigenvalue weighted by Crippen LogP contribution is -1.94. The zero-order valence-corrected chi connectivity index (χ0v) is 13.0. The van der Waals surface area contributed by atoms with E-state index in [4.69, 9.17) is 5.73 Å². The topological polar surface area (TPSA) is 63.8 Å². The number of benzene rings is 2. The first-order valence-electron chi connectivity index (χ1n) is 7.22. The lowest BCUT2D eigenvalue weighted by atomic mass is 10.2. The van der Waals surface area contributed by atoms with Gasteiger partial charge in [0.25, 0.3) is 0 Å². The van der Waals surface area contributed by atoms with Gasteiger partial charge in [0.05, 0.1) is 5.39 Å². The number of rotatable bonds is 3. The van der Waals surface area contributed by atoms with Gasteiger partial charge in [-0.2, -0.15) is 0 Å². The van der Waals surface area contributed by atoms with Gasteiger partial charge in [-0.3, -0.25) is 0 Å². The van der Waals surface area contributed by atoms with Gasteiger partial charge >= 0.3 is 0 Å². The van der Waals surface area contributed by atoms with E-state index >= 15 is 0 Å². The van der Waals surface area contributed by atoms with Crippen molar-refractivity contribution >= 4 is 38.7 Å². The first-order valence-corrected chi connectivity index (χ1v) is 8.04. The summed E-state index contributed by atoms with van der Waals surface area (Å²) in [6, 6.07) is 20.0. The molecule has 0 radical (unpaired) electrons. The number of nitrogen functional groups attached to an aromatic ring is 1. The minimum atomic E-state index is 0.741. The Kier molecular flexibility index (Phi) is 3.40. The molecule has 0 spiro atoms. The summed E-state index contributed by atoms with van der Waals surface area (Å²) >= 11 is 1.67. The summed E-state index contributed by atoms with van der Waals surface area (Å²) in [5.74, 6) is 0.804. The second-order valence-corrected chi connectivity index (χ2v) is 6.20. The van der Waals surface area contributed by atoms with Crippen LogP contribution in [0.1, 0.15) is 0 Å². The Morgan fingerprint density at radius 1 is 0.913 bits per heavy atom. The monoisotopic (exact) mass is 318 g/mol. The molecule has 0 saturated heterocycles. The molecule has 0 bridgehead atoms. The summed E-state index contributed by atoms with van der Waals surface area (Å²) < 4.78 is 0. The van der Waals surface area contributed by atoms with Gasteiger partial charge in [0, 0.05) is 16.3 Å². The highest BCUT2D eigenvalue weighted by Gasteiger charge is 2.10. The number of thiophene rings is 1. The molecule has 4 nitrogen and oxygen atoms in total. The number of fused-ring (bicyclic) bond motifs is 1. The first kappa shape index (κ1) is 13.7. The minimum Gasteiger partial charge on any atom is -0.399 e. The van der Waals surface area contributed by atoms with Crippen molar-refractivity contribution in [1.29, 1.82) is 0 Å². The highest BCUT2D eigenvalue weighted by Crippen LogP contribution is 2.35. The van der Waals surface area contributed by atoms with Crippen molar-refractivity contribution in [2.45, 2.75) is 0 Å². The normalized spacial score (nSPS) is 10.8. The smallest absolute Gasteiger partial charge is 0.142 e. The molecule has 2 aromatic heterocycles. The number of nitrogens with zero attached hydrogens (tertiary/aromatic N) is 2. The molecule has 0 atom stereocenters. The third-order valence-corrected chi connectivity index (χ3v) is 4.65. The van der Waals surface area contributed by atoms with Gasteiger partial charge in [0.2, 0.25) is 0 Å². The maximum atomic E-state index is 5.73. The fourth-order valence-corrected chi connectivity index (χ4v) is 3.41. The van der Waals surface area contributed by atoms with Gasteiger partial charge in [0.15, 0.2) is 0 Å². The van der Waals surface area contributed by atoms with Crippen LogP contribution in [0.15, 0.2) is 67.0 Å². The van der Waals surface area contributed by atoms with Gasteiger partial charge in [-0.25, -0.2) is 9.97 Å². The van der Waals surface area contributed by atoms with Gasteiger partial charge < -0.3 is 11.1 Å². The fraction of sp³-hybridized carbons (Fsp3) is 0. The molecular weight excluding hydrogens is 304 g/mol. The maximum Gasteiger partial charge on any atom is 0.142 e. The standard InChI is InChI=1S/C18H14N4S/c19-13-6-8-14(9-7-13)22-17-15-10-16(12-4-2-1-3-5-12)23-18(15)21-11-20-17/h1-11H,19H2,(H,20,21,22). The molecule has 5 heteroatoms. The number of hydrogen-bond donors (Lipinski definition) is 2. The number of aromatic nitrogens is 2. The number of hydrogen-bond acceptors (Lipinski definition) is 5. The molecule has 4 aromatic rings. The Morgan fingerprint density at radius 3 is 2.48 bits per heavy atom. The predicted octanol–water partition coefficient (Wildman–Crippen LogP) is 4.68. The number of anilines is 3. The van der Waals surface area contributed by atoms with Crippen LogP contribution in [0.4, 0.5) is 17.2 Å². The highest BCUT2D eigenvalue weighted by atomic mass is 32.1. The van der Waals surface area contributed by atoms with E-state index in [1.54, 1.807) is 17.7 Å². The first-order chi connectivity index (χ1) is 11.3. The Morgan fingerprint density at radius 2 is 1.70 bits per heavy atom. The molecule has 0 aliphatic heterocycles. The quantitative estimate of drug-likeness (QED) is 0.538. The van der Waals surface area contributed by atoms with Crippen molar-refractivity contribution in [3.63, 3.8) is 0 Å². The third kappa shape index (κ3) is 2.74. The predicted molar refractivity (Wildman–Crippen MR) is 97.0 cm³/mol. The van der Waals surface area contributed by atoms with Gasteiger partial charge in [-0.15, -0.1) is 11.3 Å². The lowest BCUT2D eigenvalue weighted by molar-refractivity contribution is 1.23. The average molecular weight is 318 g/mol. The molecule has 0 aliphatic carbocycles. The van der Waals surface area contributed by atoms with E-state index in [-0.39, 0.29) is 0 Å². The fourth-order valence-electron chi connectivity index (χ4n) is 2.40. The van der Waals surface area contributed by atoms with Gasteiger partial charge in [0.1, 0.15) is 17.0 Å². The summed E-state index contributed by atoms with van der Waals surface area (Å²) in [5, 5.41) is 4.36. The van der Waals surface area contributed by atoms with Crippen LogP contribution in [0.3, 0.4) is 0 Å². The van der Waals surface area contributed by atoms with E-state index in [0.29, 0.717) is 0 Å². The van der Waals surface area contributed by atoms with Crippen LogP contribution < -0.4 is 11.1 Å². The molecule has 2 heterocycles. The summed E-state index contributed by atoms with van der Waals surface area (Å²) in [6.07, 6.45) is 1.59. The van der Waals surface area contributed by atoms with E-state index < -0.39 is 0 Å². The average Bonchev–Trinajstić information content (AvgIpc) is 3.03. The molecule has 0 aliphatic rings. The second kappa shape index (κ2) is 5.70. The van der Waals surface area contributed by atoms with Crippen molar-refractivity contribution in [3.05, 3.63) is 67.0 Å². The summed E-state index contributed by atoms with van der Waals surface area (Å²) in [5.41, 5.74) is 8.61. The summed E-state index contributed by atoms with van der Waals surface area (Å²) in [4.78, 5) is 10.9. The second-order valence-electron chi connectivity index (χ2n) is 5.16. The Labute approximate surface area is 137 Å². The Hall–Kier alpha value is -2.92. The number of nitrogens with two attached hydrogens (primary N) is 1. The van der Waals surface area contributed by atoms with Gasteiger partial charge in [-0.1, -0.05) is 30.3 Å². The molecular formula is C18H14N4S. The number of nitrogens with one attached hydrogen (secondary N) is 1. The van der Waals surface area contributed by atoms with Crippen molar-refractivity contribution in [2.75, 3.05) is 11.1 Å². The molecule has 0 saturated carbocycles. The van der Waals surface area contributed by atoms with E-state index in [9.17, 15) is 0 Å². The van der Waals surface area contributed by atoms with Crippen molar-refractivity contribution < 1.29 is 0 Å². The SMILES string of the molecule is Nc1ccc(Nc2ncnc3sc(-c4ccccc4)cc23)cc1. The van der Waals surface area contributed by atoms with Crippen molar-refractivity contribution in [2.24, 2.45) is 0 Å². The third-order valence-electron chi connectivity index (χ3n) is 3.56. The van der Waals surface area contributed by atoms with E-state index in [2.05, 4.69) is 33.5 Å². The van der Waals surface area contributed by atoms with Crippen LogP contribution in [-0.2, 0) is 0 Å². The molecule has 0 amide bonds. The van der Waals surface area contributed by atoms with Crippen LogP contribution in [0.25, 0.3) is 20.7 Å². The molecule has 4 rings (SSSR count). The van der Waals surface area contributed by atoms with E-state index in [0.717, 1.165) is 27.4 Å². The Balaban J connectivity index is 1.75. The van der Waals surface area contributed by atoms with Crippen LogP contribution in [0.2, 0.25) is 0 Å². The molecule has 0 unspecified atom stereocenters. The maximum absolute atomic E-state index is 5.73. The van der Waals surface area contributed by atoms with Crippen molar-refractivity contribution in [3.8, 4) is 10.4 Å². The minimum absolute atomic E-state index is 0.741. The molecule has 2 aromatic carbocycles. The van der Waals surface area contributed by atoms with Gasteiger partial charge in [-0.05, 0) is 35.9 Å². The summed E-state index contributed by atoms with van der Waals surface area (Å²) in [6.45, 7) is 0. The molecule has 3 N–H and O–H groups in total. The van der Waals surface area contributed by atoms with Crippen LogP contribution in [0.5, 0.6) is 0 Å². The zero-order valence-electron chi connectivity index (χ0n) is 12.2. The largest absolute Gasteiger partial charge is 0.399 e. The zero-order chi connectivity index (χ0) is 15.6. The van der Waals surface area contributed by atoms with Crippen LogP contribution in [-0.4, -0.2) is 9.97 Å². The van der Waals surface area contributed by atoms with Crippen LogP contribution in [0, 0.1) is 0 Å². The molecule has 23 heavy (non-hydrogen) atoms. The summed E-state index contributed by atoms with van der Waals surface area (Å²) in [7, 11) is 0.